The minimum Gasteiger partial charge on any atom is -0.459 e. The van der Waals surface area contributed by atoms with Crippen molar-refractivity contribution in [3.63, 3.8) is 0 Å². The van der Waals surface area contributed by atoms with Crippen molar-refractivity contribution in [1.29, 1.82) is 0 Å². The Bertz CT molecular complexity index is 1860. The predicted molar refractivity (Wildman–Crippen MR) is 186 cm³/mol. The number of hydrogen-bond donors (Lipinski definition) is 5. The molecule has 0 spiro atoms. The van der Waals surface area contributed by atoms with Crippen molar-refractivity contribution in [3.05, 3.63) is 0 Å². The zero-order valence-electron chi connectivity index (χ0n) is 50.4. The topological polar surface area (TPSA) is 194 Å². The van der Waals surface area contributed by atoms with Crippen LogP contribution in [0.15, 0.2) is 0 Å². The van der Waals surface area contributed by atoms with Gasteiger partial charge < -0.3 is 58.9 Å². The summed E-state index contributed by atoms with van der Waals surface area (Å²) in [6, 6.07) is -1.01. The molecule has 0 aromatic rings. The normalized spacial score (nSPS) is 57.6. The van der Waals surface area contributed by atoms with Crippen molar-refractivity contribution in [2.75, 3.05) is 21.2 Å². The lowest BCUT2D eigenvalue weighted by molar-refractivity contribution is -0.318. The Morgan fingerprint density at radius 1 is 0.961 bits per heavy atom. The van der Waals surface area contributed by atoms with Crippen molar-refractivity contribution < 1.29 is 92.3 Å². The van der Waals surface area contributed by atoms with E-state index in [1.807, 2.05) is 0 Å². The van der Waals surface area contributed by atoms with Gasteiger partial charge in [0.25, 0.3) is 0 Å². The van der Waals surface area contributed by atoms with Gasteiger partial charge in [0.1, 0.15) is 29.7 Å². The molecule has 0 saturated carbocycles. The van der Waals surface area contributed by atoms with Gasteiger partial charge in [-0.1, -0.05) is 27.4 Å². The summed E-state index contributed by atoms with van der Waals surface area (Å²) in [5.74, 6) is -18.2. The van der Waals surface area contributed by atoms with Crippen LogP contribution in [0.4, 0.5) is 0 Å². The first-order chi connectivity index (χ1) is 31.9. The third-order valence-corrected chi connectivity index (χ3v) is 9.94. The molecule has 3 fully saturated rings. The lowest BCUT2D eigenvalue weighted by Crippen LogP contribution is -2.61. The molecule has 3 rings (SSSR count). The number of ketones is 1. The summed E-state index contributed by atoms with van der Waals surface area (Å²) in [6.07, 6.45) is -28.6. The number of carbonyl (C=O) groups excluding carboxylic acids is 2. The fraction of sp³-hybridized carbons (Fsp3) is 0.946. The van der Waals surface area contributed by atoms with Crippen LogP contribution in [-0.4, -0.2) is 148 Å². The summed E-state index contributed by atoms with van der Waals surface area (Å²) in [4.78, 5) is 31.3. The second-order valence-electron chi connectivity index (χ2n) is 14.1. The molecule has 298 valence electrons. The highest BCUT2D eigenvalue weighted by atomic mass is 16.7. The highest BCUT2D eigenvalue weighted by Gasteiger charge is 2.53. The largest absolute Gasteiger partial charge is 0.459 e. The average Bonchev–Trinajstić information content (AvgIpc) is 3.15. The Morgan fingerprint density at radius 3 is 2.25 bits per heavy atom. The van der Waals surface area contributed by atoms with E-state index in [9.17, 15) is 30.3 Å². The molecule has 0 aromatic carbocycles. The lowest BCUT2D eigenvalue weighted by atomic mass is 9.80. The number of aliphatic hydroxyl groups excluding tert-OH is 3. The van der Waals surface area contributed by atoms with Crippen LogP contribution in [0.1, 0.15) is 123 Å². The Kier molecular flexibility index (Phi) is 7.44. The van der Waals surface area contributed by atoms with E-state index < -0.39 is 187 Å². The Labute approximate surface area is 333 Å². The summed E-state index contributed by atoms with van der Waals surface area (Å²) in [5, 5.41) is 60.1. The molecule has 14 heteroatoms. The maximum Gasteiger partial charge on any atom is 0.311 e. The molecule has 0 aromatic heterocycles. The standard InChI is InChI=1S/C37H67NO13/c1-14-25-37(10,45)30(41)20(4)27(39)18(2)16-35(8,44)32(51-34-28(40)24(38(11)12)15-19(3)47-34)21(5)29(22(6)33(43)49-25)50-26-17-36(9,46-13)31(42)23(7)48-26/h18-26,28-32,34,40-42,44-45H,14-17H2,1-13H3/t18-,19-,20+,21+,22-,23+,24+,25-,26+,28-,29+,30-,31+,32-,34+,35-,36-,37-/m1/s1/i1+1D3,2+1D3,4+1D3,5+1D3,6+1D3,8+1D3,10+1D3. The van der Waals surface area contributed by atoms with Gasteiger partial charge in [-0.2, -0.15) is 0 Å². The van der Waals surface area contributed by atoms with Gasteiger partial charge in [0.2, 0.25) is 0 Å². The number of aliphatic hydroxyl groups is 5. The fourth-order valence-corrected chi connectivity index (χ4v) is 6.59. The second kappa shape index (κ2) is 17.0. The second-order valence-corrected chi connectivity index (χ2v) is 14.1. The first-order valence-electron chi connectivity index (χ1n) is 27.0. The van der Waals surface area contributed by atoms with Crippen LogP contribution in [0.5, 0.6) is 0 Å². The molecule has 18 atom stereocenters. The molecule has 0 unspecified atom stereocenters. The van der Waals surface area contributed by atoms with E-state index in [1.54, 1.807) is 0 Å². The quantitative estimate of drug-likeness (QED) is 0.186. The summed E-state index contributed by atoms with van der Waals surface area (Å²) < 4.78 is 214. The molecular weight excluding hydrogens is 673 g/mol. The minimum absolute atomic E-state index is 0.000574. The van der Waals surface area contributed by atoms with Gasteiger partial charge >= 0.3 is 5.97 Å². The molecule has 0 radical (unpaired) electrons. The third-order valence-electron chi connectivity index (χ3n) is 9.94. The zero-order chi connectivity index (χ0) is 56.5. The van der Waals surface area contributed by atoms with Gasteiger partial charge in [-0.25, -0.2) is 0 Å². The van der Waals surface area contributed by atoms with E-state index in [2.05, 4.69) is 0 Å². The van der Waals surface area contributed by atoms with Crippen LogP contribution < -0.4 is 0 Å². The average molecular weight is 762 g/mol. The monoisotopic (exact) mass is 762 g/mol. The summed E-state index contributed by atoms with van der Waals surface area (Å²) in [5.41, 5.74) is -10.6. The highest BCUT2D eigenvalue weighted by molar-refractivity contribution is 5.83. The number of cyclic esters (lactones) is 1. The molecule has 3 aliphatic heterocycles. The van der Waals surface area contributed by atoms with Crippen LogP contribution >= 0.6 is 0 Å². The van der Waals surface area contributed by atoms with Gasteiger partial charge in [0, 0.05) is 66.1 Å². The number of rotatable bonds is 7. The fourth-order valence-electron chi connectivity index (χ4n) is 6.59. The highest BCUT2D eigenvalue weighted by Crippen LogP contribution is 2.40. The van der Waals surface area contributed by atoms with Crippen molar-refractivity contribution in [3.8, 4) is 0 Å². The van der Waals surface area contributed by atoms with E-state index in [-0.39, 0.29) is 6.42 Å². The maximum absolute atomic E-state index is 15.0. The summed E-state index contributed by atoms with van der Waals surface area (Å²) in [6.45, 7) is -24.8. The van der Waals surface area contributed by atoms with Gasteiger partial charge in [-0.05, 0) is 74.7 Å². The molecule has 0 bridgehead atoms. The number of methoxy groups -OCH3 is 1. The van der Waals surface area contributed by atoms with Crippen LogP contribution in [0, 0.1) is 23.7 Å². The number of esters is 1. The van der Waals surface area contributed by atoms with Crippen LogP contribution in [-0.2, 0) is 38.0 Å². The van der Waals surface area contributed by atoms with Gasteiger partial charge in [0.05, 0.1) is 47.6 Å². The minimum atomic E-state index is -4.54. The van der Waals surface area contributed by atoms with Crippen LogP contribution in [0.25, 0.3) is 0 Å². The van der Waals surface area contributed by atoms with Crippen LogP contribution in [0.2, 0.25) is 0 Å². The number of carbonyl (C=O) groups is 2. The van der Waals surface area contributed by atoms with Crippen molar-refractivity contribution in [2.45, 2.75) is 179 Å². The SMILES string of the molecule is [2H][13C]([2H])([2H])C[C@H]1OC(=O)[C@H]([13C]([2H])([2H])[2H])[C@@H](O[C@H]2C[C@@](C)(OC)[C@@H](O)[C@H](C)O2)[C@H]([13C]([2H])([2H])[2H])[C@@H](O[C@@H]2O[C@H](C)C[C@H](N(C)C)[C@H]2O)[C@@](O)([13C]([2H])([2H])[2H])C[C@@H]([13C]([2H])([2H])[2H])C(=O)[C@H]([13C]([2H])([2H])[2H])[C@@H](O)[C@@]1(O)[13C]([2H])([2H])[2H]. The lowest BCUT2D eigenvalue weighted by Gasteiger charge is -2.49. The van der Waals surface area contributed by atoms with Gasteiger partial charge in [-0.15, -0.1) is 0 Å². The maximum atomic E-state index is 15.0. The Balaban J connectivity index is 2.83. The number of hydrogen-bond acceptors (Lipinski definition) is 14. The first kappa shape index (κ1) is 22.3. The smallest absolute Gasteiger partial charge is 0.311 e. The van der Waals surface area contributed by atoms with Crippen LogP contribution in [0.3, 0.4) is 0 Å². The zero-order valence-corrected chi connectivity index (χ0v) is 29.4. The first-order valence-corrected chi connectivity index (χ1v) is 16.5. The van der Waals surface area contributed by atoms with Gasteiger partial charge in [-0.3, -0.25) is 9.59 Å². The van der Waals surface area contributed by atoms with Crippen molar-refractivity contribution in [1.82, 2.24) is 4.90 Å². The summed E-state index contributed by atoms with van der Waals surface area (Å²) >= 11 is 0. The molecule has 0 aliphatic carbocycles. The van der Waals surface area contributed by atoms with Gasteiger partial charge in [0.15, 0.2) is 12.6 Å². The van der Waals surface area contributed by atoms with E-state index >= 15 is 4.79 Å². The Morgan fingerprint density at radius 2 is 1.69 bits per heavy atom. The molecule has 14 nitrogen and oxygen atoms in total. The molecule has 51 heavy (non-hydrogen) atoms. The van der Waals surface area contributed by atoms with E-state index in [1.165, 1.54) is 39.8 Å². The van der Waals surface area contributed by atoms with E-state index in [4.69, 9.17) is 57.2 Å². The van der Waals surface area contributed by atoms with E-state index in [0.717, 1.165) is 7.11 Å². The van der Waals surface area contributed by atoms with E-state index in [0.29, 0.717) is 0 Å². The predicted octanol–water partition coefficient (Wildman–Crippen LogP) is 1.79. The third kappa shape index (κ3) is 9.51. The molecule has 5 N–H and O–H groups in total. The number of nitrogens with zero attached hydrogens (tertiary/aromatic N) is 1. The summed E-state index contributed by atoms with van der Waals surface area (Å²) in [7, 11) is 4.04. The molecule has 3 heterocycles. The molecule has 0 amide bonds. The number of Topliss-reactive ketones (excluding diaryl/α,β-unsaturated/α-hetero) is 1. The molecule has 3 aliphatic rings. The van der Waals surface area contributed by atoms with Crippen molar-refractivity contribution >= 4 is 11.8 Å². The Hall–Kier alpha value is -1.30. The molecular formula is C37H67NO13. The molecule has 3 saturated heterocycles. The number of likely N-dealkylation sites (N-methyl/N-ethyl adjacent to an activating group) is 1. The number of ether oxygens (including phenoxy) is 6. The van der Waals surface area contributed by atoms with Crippen molar-refractivity contribution in [2.24, 2.45) is 23.7 Å².